The van der Waals surface area contributed by atoms with E-state index >= 15 is 0 Å². The van der Waals surface area contributed by atoms with Crippen molar-refractivity contribution in [2.45, 2.75) is 20.4 Å². The molecule has 21 heavy (non-hydrogen) atoms. The Labute approximate surface area is 123 Å². The number of nitrogens with zero attached hydrogens (tertiary/aromatic N) is 1. The van der Waals surface area contributed by atoms with Crippen molar-refractivity contribution in [3.8, 4) is 11.6 Å². The van der Waals surface area contributed by atoms with Crippen LogP contribution in [0.4, 0.5) is 8.78 Å². The van der Waals surface area contributed by atoms with Crippen LogP contribution in [0.3, 0.4) is 0 Å². The second-order valence-electron chi connectivity index (χ2n) is 5.20. The van der Waals surface area contributed by atoms with Gasteiger partial charge in [0.25, 0.3) is 0 Å². The SMILES string of the molecule is CC(C)CNCc1ccnc(Oc2cc(F)ccc2F)c1. The smallest absolute Gasteiger partial charge is 0.219 e. The Bertz CT molecular complexity index is 603. The zero-order chi connectivity index (χ0) is 15.2. The molecule has 1 heterocycles. The first-order valence-electron chi connectivity index (χ1n) is 6.83. The highest BCUT2D eigenvalue weighted by Gasteiger charge is 2.07. The Hall–Kier alpha value is -2.01. The Morgan fingerprint density at radius 3 is 2.76 bits per heavy atom. The molecule has 0 saturated carbocycles. The van der Waals surface area contributed by atoms with Gasteiger partial charge in [0.05, 0.1) is 0 Å². The van der Waals surface area contributed by atoms with E-state index in [1.54, 1.807) is 12.3 Å². The van der Waals surface area contributed by atoms with Crippen LogP contribution in [0.5, 0.6) is 11.6 Å². The average Bonchev–Trinajstić information content (AvgIpc) is 2.43. The second-order valence-corrected chi connectivity index (χ2v) is 5.20. The molecule has 2 aromatic rings. The fraction of sp³-hybridized carbons (Fsp3) is 0.312. The van der Waals surface area contributed by atoms with E-state index in [0.717, 1.165) is 30.3 Å². The maximum absolute atomic E-state index is 13.5. The lowest BCUT2D eigenvalue weighted by molar-refractivity contribution is 0.421. The van der Waals surface area contributed by atoms with Crippen molar-refractivity contribution in [1.82, 2.24) is 10.3 Å². The molecule has 0 amide bonds. The summed E-state index contributed by atoms with van der Waals surface area (Å²) in [4.78, 5) is 4.01. The molecule has 0 saturated heterocycles. The molecule has 0 spiro atoms. The van der Waals surface area contributed by atoms with Gasteiger partial charge in [0.15, 0.2) is 11.6 Å². The van der Waals surface area contributed by atoms with Gasteiger partial charge in [-0.25, -0.2) is 13.8 Å². The van der Waals surface area contributed by atoms with Crippen molar-refractivity contribution in [2.75, 3.05) is 6.54 Å². The quantitative estimate of drug-likeness (QED) is 0.877. The molecule has 0 aliphatic heterocycles. The van der Waals surface area contributed by atoms with Crippen LogP contribution in [0.25, 0.3) is 0 Å². The predicted octanol–water partition coefficient (Wildman–Crippen LogP) is 3.90. The van der Waals surface area contributed by atoms with Crippen molar-refractivity contribution in [1.29, 1.82) is 0 Å². The standard InChI is InChI=1S/C16H18F2N2O/c1-11(2)9-19-10-12-5-6-20-16(7-12)21-15-8-13(17)3-4-14(15)18/h3-8,11,19H,9-10H2,1-2H3. The van der Waals surface area contributed by atoms with Crippen molar-refractivity contribution in [2.24, 2.45) is 5.92 Å². The number of ether oxygens (including phenoxy) is 1. The predicted molar refractivity (Wildman–Crippen MR) is 77.2 cm³/mol. The lowest BCUT2D eigenvalue weighted by Crippen LogP contribution is -2.18. The molecule has 2 rings (SSSR count). The third kappa shape index (κ3) is 4.79. The molecule has 0 radical (unpaired) electrons. The number of hydrogen-bond acceptors (Lipinski definition) is 3. The van der Waals surface area contributed by atoms with Crippen LogP contribution >= 0.6 is 0 Å². The fourth-order valence-electron chi connectivity index (χ4n) is 1.79. The van der Waals surface area contributed by atoms with Crippen LogP contribution in [-0.2, 0) is 6.54 Å². The van der Waals surface area contributed by atoms with Gasteiger partial charge in [-0.1, -0.05) is 13.8 Å². The fourth-order valence-corrected chi connectivity index (χ4v) is 1.79. The minimum atomic E-state index is -0.624. The highest BCUT2D eigenvalue weighted by Crippen LogP contribution is 2.24. The van der Waals surface area contributed by atoms with E-state index in [-0.39, 0.29) is 11.6 Å². The molecule has 0 unspecified atom stereocenters. The number of pyridine rings is 1. The third-order valence-corrected chi connectivity index (χ3v) is 2.79. The highest BCUT2D eigenvalue weighted by atomic mass is 19.1. The number of benzene rings is 1. The number of hydrogen-bond donors (Lipinski definition) is 1. The van der Waals surface area contributed by atoms with E-state index in [2.05, 4.69) is 24.1 Å². The number of aromatic nitrogens is 1. The van der Waals surface area contributed by atoms with E-state index in [1.165, 1.54) is 0 Å². The summed E-state index contributed by atoms with van der Waals surface area (Å²) in [5.41, 5.74) is 0.970. The summed E-state index contributed by atoms with van der Waals surface area (Å²) < 4.78 is 31.9. The Morgan fingerprint density at radius 1 is 1.19 bits per heavy atom. The maximum atomic E-state index is 13.5. The minimum Gasteiger partial charge on any atom is -0.436 e. The van der Waals surface area contributed by atoms with Gasteiger partial charge < -0.3 is 10.1 Å². The van der Waals surface area contributed by atoms with Crippen molar-refractivity contribution >= 4 is 0 Å². The Morgan fingerprint density at radius 2 is 2.00 bits per heavy atom. The largest absolute Gasteiger partial charge is 0.436 e. The minimum absolute atomic E-state index is 0.171. The molecule has 0 aliphatic rings. The summed E-state index contributed by atoms with van der Waals surface area (Å²) in [5, 5.41) is 3.30. The molecule has 3 nitrogen and oxygen atoms in total. The summed E-state index contributed by atoms with van der Waals surface area (Å²) >= 11 is 0. The number of halogens is 2. The van der Waals surface area contributed by atoms with Gasteiger partial charge in [-0.15, -0.1) is 0 Å². The first-order chi connectivity index (χ1) is 10.0. The van der Waals surface area contributed by atoms with Crippen molar-refractivity contribution in [3.05, 3.63) is 53.7 Å². The van der Waals surface area contributed by atoms with Gasteiger partial charge in [-0.2, -0.15) is 0 Å². The van der Waals surface area contributed by atoms with Gasteiger partial charge >= 0.3 is 0 Å². The van der Waals surface area contributed by atoms with Gasteiger partial charge in [-0.3, -0.25) is 0 Å². The molecule has 0 fully saturated rings. The van der Waals surface area contributed by atoms with E-state index in [9.17, 15) is 8.78 Å². The highest BCUT2D eigenvalue weighted by molar-refractivity contribution is 5.30. The molecule has 112 valence electrons. The lowest BCUT2D eigenvalue weighted by atomic mass is 10.2. The third-order valence-electron chi connectivity index (χ3n) is 2.79. The topological polar surface area (TPSA) is 34.2 Å². The molecule has 0 aliphatic carbocycles. The lowest BCUT2D eigenvalue weighted by Gasteiger charge is -2.09. The van der Waals surface area contributed by atoms with E-state index < -0.39 is 11.6 Å². The molecule has 5 heteroatoms. The van der Waals surface area contributed by atoms with Crippen LogP contribution in [0.2, 0.25) is 0 Å². The molecule has 0 atom stereocenters. The first-order valence-corrected chi connectivity index (χ1v) is 6.83. The molecule has 1 aromatic carbocycles. The van der Waals surface area contributed by atoms with E-state index in [0.29, 0.717) is 12.5 Å². The number of nitrogens with one attached hydrogen (secondary N) is 1. The molecular weight excluding hydrogens is 274 g/mol. The van der Waals surface area contributed by atoms with Crippen LogP contribution in [0.1, 0.15) is 19.4 Å². The zero-order valence-corrected chi connectivity index (χ0v) is 12.1. The second kappa shape index (κ2) is 7.13. The van der Waals surface area contributed by atoms with E-state index in [4.69, 9.17) is 4.74 Å². The zero-order valence-electron chi connectivity index (χ0n) is 12.1. The molecule has 0 bridgehead atoms. The van der Waals surface area contributed by atoms with Gasteiger partial charge in [0, 0.05) is 24.9 Å². The van der Waals surface area contributed by atoms with Gasteiger partial charge in [-0.05, 0) is 36.2 Å². The van der Waals surface area contributed by atoms with Gasteiger partial charge in [0.1, 0.15) is 5.82 Å². The van der Waals surface area contributed by atoms with Crippen LogP contribution in [0.15, 0.2) is 36.5 Å². The van der Waals surface area contributed by atoms with E-state index in [1.807, 2.05) is 6.07 Å². The van der Waals surface area contributed by atoms with Crippen molar-refractivity contribution < 1.29 is 13.5 Å². The van der Waals surface area contributed by atoms with Crippen molar-refractivity contribution in [3.63, 3.8) is 0 Å². The first kappa shape index (κ1) is 15.4. The summed E-state index contributed by atoms with van der Waals surface area (Å²) in [6, 6.07) is 6.63. The van der Waals surface area contributed by atoms with Gasteiger partial charge in [0.2, 0.25) is 5.88 Å². The maximum Gasteiger partial charge on any atom is 0.219 e. The van der Waals surface area contributed by atoms with Crippen LogP contribution < -0.4 is 10.1 Å². The molecule has 1 N–H and O–H groups in total. The summed E-state index contributed by atoms with van der Waals surface area (Å²) in [5.74, 6) is -0.551. The number of rotatable bonds is 6. The Balaban J connectivity index is 2.05. The van der Waals surface area contributed by atoms with Crippen LogP contribution in [-0.4, -0.2) is 11.5 Å². The van der Waals surface area contributed by atoms with Crippen LogP contribution in [0, 0.1) is 17.6 Å². The average molecular weight is 292 g/mol. The Kier molecular flexibility index (Phi) is 5.22. The molecule has 1 aromatic heterocycles. The normalized spacial score (nSPS) is 10.9. The summed E-state index contributed by atoms with van der Waals surface area (Å²) in [7, 11) is 0. The summed E-state index contributed by atoms with van der Waals surface area (Å²) in [6.45, 7) is 5.82. The molecular formula is C16H18F2N2O. The monoisotopic (exact) mass is 292 g/mol. The summed E-state index contributed by atoms with van der Waals surface area (Å²) in [6.07, 6.45) is 1.58.